The summed E-state index contributed by atoms with van der Waals surface area (Å²) in [7, 11) is 0. The van der Waals surface area contributed by atoms with Gasteiger partial charge < -0.3 is 10.2 Å². The summed E-state index contributed by atoms with van der Waals surface area (Å²) in [6, 6.07) is 18.0. The zero-order valence-electron chi connectivity index (χ0n) is 11.6. The second-order valence-electron chi connectivity index (χ2n) is 5.47. The molecule has 0 amide bonds. The monoisotopic (exact) mass is 274 g/mol. The Morgan fingerprint density at radius 2 is 1.43 bits per heavy atom. The maximum absolute atomic E-state index is 10.1. The molecule has 0 spiro atoms. The van der Waals surface area contributed by atoms with Crippen LogP contribution in [0.4, 0.5) is 0 Å². The molecular formula is C19H14O2. The lowest BCUT2D eigenvalue weighted by molar-refractivity contribution is 0.408. The van der Waals surface area contributed by atoms with Crippen LogP contribution < -0.4 is 0 Å². The van der Waals surface area contributed by atoms with Crippen molar-refractivity contribution in [1.82, 2.24) is 0 Å². The number of hydrogen-bond donors (Lipinski definition) is 2. The molecule has 4 aromatic carbocycles. The number of aryl methyl sites for hydroxylation is 1. The van der Waals surface area contributed by atoms with Crippen LogP contribution >= 0.6 is 0 Å². The summed E-state index contributed by atoms with van der Waals surface area (Å²) in [5.74, 6) is -0.120. The van der Waals surface area contributed by atoms with Gasteiger partial charge in [0.1, 0.15) is 0 Å². The summed E-state index contributed by atoms with van der Waals surface area (Å²) in [6.45, 7) is 1.95. The minimum absolute atomic E-state index is 0.0503. The summed E-state index contributed by atoms with van der Waals surface area (Å²) in [6.07, 6.45) is 0. The summed E-state index contributed by atoms with van der Waals surface area (Å²) in [4.78, 5) is 0. The molecular weight excluding hydrogens is 260 g/mol. The van der Waals surface area contributed by atoms with E-state index in [2.05, 4.69) is 24.3 Å². The first-order chi connectivity index (χ1) is 10.1. The molecule has 0 saturated heterocycles. The van der Waals surface area contributed by atoms with Crippen molar-refractivity contribution in [2.45, 2.75) is 6.92 Å². The molecule has 0 bridgehead atoms. The van der Waals surface area contributed by atoms with Crippen LogP contribution in [0.2, 0.25) is 0 Å². The molecule has 102 valence electrons. The Morgan fingerprint density at radius 1 is 0.714 bits per heavy atom. The van der Waals surface area contributed by atoms with Crippen LogP contribution in [0.25, 0.3) is 32.3 Å². The number of phenols is 2. The highest BCUT2D eigenvalue weighted by Gasteiger charge is 2.11. The van der Waals surface area contributed by atoms with Crippen molar-refractivity contribution >= 4 is 32.3 Å². The van der Waals surface area contributed by atoms with Gasteiger partial charge in [0.05, 0.1) is 0 Å². The molecule has 0 radical (unpaired) electrons. The van der Waals surface area contributed by atoms with E-state index in [1.54, 1.807) is 6.07 Å². The van der Waals surface area contributed by atoms with Crippen molar-refractivity contribution in [3.8, 4) is 11.5 Å². The Bertz CT molecular complexity index is 1020. The number of hydrogen-bond acceptors (Lipinski definition) is 2. The van der Waals surface area contributed by atoms with E-state index in [9.17, 15) is 10.2 Å². The molecule has 2 heteroatoms. The van der Waals surface area contributed by atoms with Gasteiger partial charge in [-0.15, -0.1) is 0 Å². The highest BCUT2D eigenvalue weighted by Crippen LogP contribution is 2.40. The third kappa shape index (κ3) is 1.66. The topological polar surface area (TPSA) is 40.5 Å². The molecule has 0 atom stereocenters. The lowest BCUT2D eigenvalue weighted by Gasteiger charge is -2.11. The van der Waals surface area contributed by atoms with Gasteiger partial charge in [-0.1, -0.05) is 30.3 Å². The van der Waals surface area contributed by atoms with Crippen LogP contribution in [0.5, 0.6) is 11.5 Å². The summed E-state index contributed by atoms with van der Waals surface area (Å²) in [5, 5.41) is 26.2. The lowest BCUT2D eigenvalue weighted by atomic mass is 9.95. The highest BCUT2D eigenvalue weighted by atomic mass is 16.3. The minimum Gasteiger partial charge on any atom is -0.504 e. The highest BCUT2D eigenvalue weighted by molar-refractivity contribution is 6.15. The predicted octanol–water partition coefficient (Wildman–Crippen LogP) is 4.87. The molecule has 0 fully saturated rings. The Balaban J connectivity index is 2.28. The van der Waals surface area contributed by atoms with Gasteiger partial charge in [-0.25, -0.2) is 0 Å². The van der Waals surface area contributed by atoms with E-state index in [4.69, 9.17) is 0 Å². The third-order valence-corrected chi connectivity index (χ3v) is 4.13. The van der Waals surface area contributed by atoms with Gasteiger partial charge in [-0.05, 0) is 63.7 Å². The molecule has 2 nitrogen and oxygen atoms in total. The quantitative estimate of drug-likeness (QED) is 0.273. The Hall–Kier alpha value is -2.74. The average molecular weight is 274 g/mol. The van der Waals surface area contributed by atoms with E-state index in [0.29, 0.717) is 5.39 Å². The summed E-state index contributed by atoms with van der Waals surface area (Å²) in [5.41, 5.74) is 0.959. The molecule has 0 heterocycles. The van der Waals surface area contributed by atoms with E-state index in [-0.39, 0.29) is 11.5 Å². The van der Waals surface area contributed by atoms with Crippen molar-refractivity contribution in [1.29, 1.82) is 0 Å². The predicted molar refractivity (Wildman–Crippen MR) is 87.0 cm³/mol. The molecule has 0 saturated carbocycles. The zero-order valence-corrected chi connectivity index (χ0v) is 11.6. The van der Waals surface area contributed by atoms with Gasteiger partial charge in [-0.3, -0.25) is 0 Å². The van der Waals surface area contributed by atoms with E-state index in [1.807, 2.05) is 31.2 Å². The van der Waals surface area contributed by atoms with Crippen molar-refractivity contribution in [3.05, 3.63) is 60.2 Å². The van der Waals surface area contributed by atoms with Crippen LogP contribution in [-0.4, -0.2) is 10.2 Å². The van der Waals surface area contributed by atoms with Crippen molar-refractivity contribution in [3.63, 3.8) is 0 Å². The largest absolute Gasteiger partial charge is 0.504 e. The minimum atomic E-state index is -0.0693. The number of phenolic OH excluding ortho intramolecular Hbond substituents is 2. The number of fused-ring (bicyclic) bond motifs is 4. The Labute approximate surface area is 121 Å². The normalized spacial score (nSPS) is 11.5. The zero-order chi connectivity index (χ0) is 14.6. The van der Waals surface area contributed by atoms with Crippen LogP contribution in [0.1, 0.15) is 5.56 Å². The second-order valence-corrected chi connectivity index (χ2v) is 5.47. The molecule has 21 heavy (non-hydrogen) atoms. The average Bonchev–Trinajstić information content (AvgIpc) is 2.49. The maximum atomic E-state index is 10.1. The maximum Gasteiger partial charge on any atom is 0.165 e. The van der Waals surface area contributed by atoms with Crippen LogP contribution in [0.3, 0.4) is 0 Å². The van der Waals surface area contributed by atoms with E-state index < -0.39 is 0 Å². The van der Waals surface area contributed by atoms with Gasteiger partial charge in [0.2, 0.25) is 0 Å². The fourth-order valence-electron chi connectivity index (χ4n) is 3.12. The fraction of sp³-hybridized carbons (Fsp3) is 0.0526. The first-order valence-electron chi connectivity index (χ1n) is 6.92. The summed E-state index contributed by atoms with van der Waals surface area (Å²) >= 11 is 0. The molecule has 0 aliphatic carbocycles. The standard InChI is InChI=1S/C19H14O2/c1-11-8-17(20)19(21)15-7-6-14-9-12-4-2-3-5-13(12)10-16(14)18(11)15/h2-10,20-21H,1H3. The molecule has 4 aromatic rings. The molecule has 0 aromatic heterocycles. The second kappa shape index (κ2) is 4.13. The van der Waals surface area contributed by atoms with Gasteiger partial charge in [-0.2, -0.15) is 0 Å². The molecule has 2 N–H and O–H groups in total. The first kappa shape index (κ1) is 12.0. The SMILES string of the molecule is Cc1cc(O)c(O)c2ccc3cc4ccccc4cc3c12. The van der Waals surface area contributed by atoms with Crippen LogP contribution in [-0.2, 0) is 0 Å². The van der Waals surface area contributed by atoms with Crippen molar-refractivity contribution in [2.75, 3.05) is 0 Å². The molecule has 0 unspecified atom stereocenters. The fourth-order valence-corrected chi connectivity index (χ4v) is 3.12. The Morgan fingerprint density at radius 3 is 2.19 bits per heavy atom. The van der Waals surface area contributed by atoms with Crippen LogP contribution in [0.15, 0.2) is 54.6 Å². The smallest absolute Gasteiger partial charge is 0.165 e. The molecule has 4 rings (SSSR count). The van der Waals surface area contributed by atoms with Gasteiger partial charge in [0.15, 0.2) is 11.5 Å². The Kier molecular flexibility index (Phi) is 2.36. The van der Waals surface area contributed by atoms with Crippen LogP contribution in [0, 0.1) is 6.92 Å². The number of aromatic hydroxyl groups is 2. The van der Waals surface area contributed by atoms with Gasteiger partial charge in [0, 0.05) is 5.39 Å². The third-order valence-electron chi connectivity index (χ3n) is 4.13. The van der Waals surface area contributed by atoms with Gasteiger partial charge in [0.25, 0.3) is 0 Å². The van der Waals surface area contributed by atoms with Gasteiger partial charge >= 0.3 is 0 Å². The number of benzene rings is 4. The van der Waals surface area contributed by atoms with Crippen molar-refractivity contribution < 1.29 is 10.2 Å². The first-order valence-corrected chi connectivity index (χ1v) is 6.92. The molecule has 0 aliphatic heterocycles. The summed E-state index contributed by atoms with van der Waals surface area (Å²) < 4.78 is 0. The lowest BCUT2D eigenvalue weighted by Crippen LogP contribution is -1.84. The molecule has 0 aliphatic rings. The van der Waals surface area contributed by atoms with E-state index >= 15 is 0 Å². The van der Waals surface area contributed by atoms with E-state index in [1.165, 1.54) is 10.8 Å². The van der Waals surface area contributed by atoms with Crippen molar-refractivity contribution in [2.24, 2.45) is 0 Å². The number of rotatable bonds is 0. The van der Waals surface area contributed by atoms with E-state index in [0.717, 1.165) is 21.7 Å².